The molecule has 0 amide bonds. The Labute approximate surface area is 98.6 Å². The average Bonchev–Trinajstić information content (AvgIpc) is 2.54. The summed E-state index contributed by atoms with van der Waals surface area (Å²) in [5, 5.41) is 0. The van der Waals surface area contributed by atoms with E-state index in [0.717, 1.165) is 25.7 Å². The van der Waals surface area contributed by atoms with E-state index in [4.69, 9.17) is 5.73 Å². The fourth-order valence-electron chi connectivity index (χ4n) is 1.70. The second kappa shape index (κ2) is 6.54. The second-order valence-corrected chi connectivity index (χ2v) is 6.26. The van der Waals surface area contributed by atoms with Crippen LogP contribution >= 0.6 is 0 Å². The number of nitrogens with two attached hydrogens (primary N) is 1. The minimum Gasteiger partial charge on any atom is -0.330 e. The maximum absolute atomic E-state index is 11.9. The lowest BCUT2D eigenvalue weighted by molar-refractivity contribution is 0.410. The van der Waals surface area contributed by atoms with Crippen molar-refractivity contribution >= 4 is 10.2 Å². The molecule has 0 saturated carbocycles. The summed E-state index contributed by atoms with van der Waals surface area (Å²) in [5.41, 5.74) is 5.46. The van der Waals surface area contributed by atoms with Crippen molar-refractivity contribution in [2.75, 3.05) is 26.2 Å². The van der Waals surface area contributed by atoms with Gasteiger partial charge in [-0.1, -0.05) is 19.8 Å². The Balaban J connectivity index is 2.48. The van der Waals surface area contributed by atoms with Crippen molar-refractivity contribution in [2.45, 2.75) is 32.6 Å². The molecule has 6 heteroatoms. The molecule has 3 N–H and O–H groups in total. The molecule has 16 heavy (non-hydrogen) atoms. The zero-order chi connectivity index (χ0) is 12.0. The Hall–Kier alpha value is -0.170. The van der Waals surface area contributed by atoms with Crippen LogP contribution in [0, 0.1) is 5.92 Å². The van der Waals surface area contributed by atoms with Gasteiger partial charge in [0.05, 0.1) is 0 Å². The zero-order valence-electron chi connectivity index (χ0n) is 9.98. The highest BCUT2D eigenvalue weighted by atomic mass is 32.2. The van der Waals surface area contributed by atoms with Gasteiger partial charge in [0.2, 0.25) is 0 Å². The smallest absolute Gasteiger partial charge is 0.279 e. The molecular weight excluding hydrogens is 226 g/mol. The predicted octanol–water partition coefficient (Wildman–Crippen LogP) is 0.292. The third-order valence-electron chi connectivity index (χ3n) is 2.92. The van der Waals surface area contributed by atoms with Crippen LogP contribution in [0.1, 0.15) is 32.6 Å². The van der Waals surface area contributed by atoms with Crippen LogP contribution in [0.25, 0.3) is 0 Å². The SMILES string of the molecule is CC(CN)CNS(=O)(=O)N1CCCCCC1. The molecule has 1 saturated heterocycles. The van der Waals surface area contributed by atoms with Gasteiger partial charge in [0.25, 0.3) is 10.2 Å². The van der Waals surface area contributed by atoms with Crippen molar-refractivity contribution in [1.82, 2.24) is 9.03 Å². The van der Waals surface area contributed by atoms with E-state index in [2.05, 4.69) is 4.72 Å². The highest BCUT2D eigenvalue weighted by Gasteiger charge is 2.22. The van der Waals surface area contributed by atoms with Crippen LogP contribution in [0.5, 0.6) is 0 Å². The van der Waals surface area contributed by atoms with E-state index in [1.807, 2.05) is 6.92 Å². The molecule has 0 aliphatic carbocycles. The lowest BCUT2D eigenvalue weighted by atomic mass is 10.2. The van der Waals surface area contributed by atoms with Gasteiger partial charge in [0.1, 0.15) is 0 Å². The molecule has 1 unspecified atom stereocenters. The topological polar surface area (TPSA) is 75.4 Å². The number of hydrogen-bond acceptors (Lipinski definition) is 3. The van der Waals surface area contributed by atoms with Crippen LogP contribution in [0.15, 0.2) is 0 Å². The van der Waals surface area contributed by atoms with E-state index in [1.165, 1.54) is 0 Å². The van der Waals surface area contributed by atoms with E-state index < -0.39 is 10.2 Å². The molecule has 1 aliphatic heterocycles. The Morgan fingerprint density at radius 3 is 2.31 bits per heavy atom. The molecule has 0 aromatic carbocycles. The summed E-state index contributed by atoms with van der Waals surface area (Å²) < 4.78 is 28.0. The molecule has 0 spiro atoms. The maximum Gasteiger partial charge on any atom is 0.279 e. The maximum atomic E-state index is 11.9. The summed E-state index contributed by atoms with van der Waals surface area (Å²) in [6.45, 7) is 4.15. The van der Waals surface area contributed by atoms with E-state index >= 15 is 0 Å². The van der Waals surface area contributed by atoms with Crippen LogP contribution in [0.3, 0.4) is 0 Å². The normalized spacial score (nSPS) is 21.6. The van der Waals surface area contributed by atoms with Crippen molar-refractivity contribution in [3.63, 3.8) is 0 Å². The molecule has 0 radical (unpaired) electrons. The standard InChI is InChI=1S/C10H23N3O2S/c1-10(8-11)9-12-16(14,15)13-6-4-2-3-5-7-13/h10,12H,2-9,11H2,1H3. The van der Waals surface area contributed by atoms with E-state index in [0.29, 0.717) is 26.2 Å². The monoisotopic (exact) mass is 249 g/mol. The van der Waals surface area contributed by atoms with Gasteiger partial charge < -0.3 is 5.73 Å². The van der Waals surface area contributed by atoms with Crippen LogP contribution in [0.4, 0.5) is 0 Å². The Bertz CT molecular complexity index is 284. The molecule has 1 aliphatic rings. The molecule has 1 fully saturated rings. The molecule has 0 aromatic rings. The van der Waals surface area contributed by atoms with Crippen LogP contribution in [0.2, 0.25) is 0 Å². The fraction of sp³-hybridized carbons (Fsp3) is 1.00. The third-order valence-corrected chi connectivity index (χ3v) is 4.50. The van der Waals surface area contributed by atoms with Crippen molar-refractivity contribution in [2.24, 2.45) is 11.7 Å². The van der Waals surface area contributed by atoms with Gasteiger partial charge in [-0.15, -0.1) is 0 Å². The van der Waals surface area contributed by atoms with Crippen LogP contribution < -0.4 is 10.5 Å². The lowest BCUT2D eigenvalue weighted by Crippen LogP contribution is -2.43. The molecule has 1 heterocycles. The number of rotatable bonds is 5. The minimum atomic E-state index is -3.28. The summed E-state index contributed by atoms with van der Waals surface area (Å²) in [4.78, 5) is 0. The lowest BCUT2D eigenvalue weighted by Gasteiger charge is -2.21. The van der Waals surface area contributed by atoms with Gasteiger partial charge in [-0.05, 0) is 25.3 Å². The Kier molecular flexibility index (Phi) is 5.68. The number of hydrogen-bond donors (Lipinski definition) is 2. The second-order valence-electron chi connectivity index (χ2n) is 4.51. The average molecular weight is 249 g/mol. The summed E-state index contributed by atoms with van der Waals surface area (Å²) in [6.07, 6.45) is 4.19. The highest BCUT2D eigenvalue weighted by Crippen LogP contribution is 2.12. The third kappa shape index (κ3) is 4.37. The predicted molar refractivity (Wildman–Crippen MR) is 65.2 cm³/mol. The van der Waals surface area contributed by atoms with Gasteiger partial charge in [0.15, 0.2) is 0 Å². The molecule has 0 bridgehead atoms. The van der Waals surface area contributed by atoms with Gasteiger partial charge in [-0.3, -0.25) is 0 Å². The van der Waals surface area contributed by atoms with E-state index in [1.54, 1.807) is 4.31 Å². The molecular formula is C10H23N3O2S. The molecule has 1 rings (SSSR count). The van der Waals surface area contributed by atoms with Gasteiger partial charge >= 0.3 is 0 Å². The van der Waals surface area contributed by atoms with Crippen molar-refractivity contribution < 1.29 is 8.42 Å². The number of nitrogens with one attached hydrogen (secondary N) is 1. The zero-order valence-corrected chi connectivity index (χ0v) is 10.8. The summed E-state index contributed by atoms with van der Waals surface area (Å²) in [6, 6.07) is 0. The largest absolute Gasteiger partial charge is 0.330 e. The number of nitrogens with zero attached hydrogens (tertiary/aromatic N) is 1. The summed E-state index contributed by atoms with van der Waals surface area (Å²) in [5.74, 6) is 0.182. The van der Waals surface area contributed by atoms with E-state index in [-0.39, 0.29) is 5.92 Å². The Morgan fingerprint density at radius 2 is 1.81 bits per heavy atom. The summed E-state index contributed by atoms with van der Waals surface area (Å²) in [7, 11) is -3.28. The van der Waals surface area contributed by atoms with Crippen LogP contribution in [-0.4, -0.2) is 38.9 Å². The summed E-state index contributed by atoms with van der Waals surface area (Å²) >= 11 is 0. The molecule has 1 atom stereocenters. The van der Waals surface area contributed by atoms with Crippen molar-refractivity contribution in [3.8, 4) is 0 Å². The van der Waals surface area contributed by atoms with Crippen LogP contribution in [-0.2, 0) is 10.2 Å². The van der Waals surface area contributed by atoms with Gasteiger partial charge in [-0.2, -0.15) is 12.7 Å². The van der Waals surface area contributed by atoms with Crippen molar-refractivity contribution in [1.29, 1.82) is 0 Å². The molecule has 5 nitrogen and oxygen atoms in total. The van der Waals surface area contributed by atoms with Gasteiger partial charge in [0, 0.05) is 19.6 Å². The first kappa shape index (κ1) is 13.9. The molecule has 96 valence electrons. The molecule has 0 aromatic heterocycles. The Morgan fingerprint density at radius 1 is 1.25 bits per heavy atom. The van der Waals surface area contributed by atoms with Crippen molar-refractivity contribution in [3.05, 3.63) is 0 Å². The fourth-order valence-corrected chi connectivity index (χ4v) is 3.12. The first-order valence-corrected chi connectivity index (χ1v) is 7.45. The first-order chi connectivity index (χ1) is 7.56. The minimum absolute atomic E-state index is 0.182. The van der Waals surface area contributed by atoms with E-state index in [9.17, 15) is 8.42 Å². The van der Waals surface area contributed by atoms with Gasteiger partial charge in [-0.25, -0.2) is 4.72 Å². The first-order valence-electron chi connectivity index (χ1n) is 6.01. The quantitative estimate of drug-likeness (QED) is 0.735. The highest BCUT2D eigenvalue weighted by molar-refractivity contribution is 7.87.